The molecule has 2 aromatic carbocycles. The van der Waals surface area contributed by atoms with Crippen LogP contribution < -0.4 is 10.6 Å². The standard InChI is InChI=1S/C20H17IN2O3/c1-13-4-6-14(7-5-13)18(24)19(22-16-10-8-15(21)9-11-16)23-20(25)17-3-2-12-26-17/h2-12,19,22H,1H3,(H,23,25)/t19-/m1/s1. The third-order valence-corrected chi connectivity index (χ3v) is 4.49. The lowest BCUT2D eigenvalue weighted by atomic mass is 10.1. The minimum atomic E-state index is -0.921. The molecular weight excluding hydrogens is 443 g/mol. The van der Waals surface area contributed by atoms with Crippen molar-refractivity contribution in [1.82, 2.24) is 5.32 Å². The Morgan fingerprint density at radius 1 is 1.00 bits per heavy atom. The molecule has 0 radical (unpaired) electrons. The quantitative estimate of drug-likeness (QED) is 0.328. The molecule has 0 saturated heterocycles. The largest absolute Gasteiger partial charge is 0.459 e. The van der Waals surface area contributed by atoms with Crippen LogP contribution in [0.1, 0.15) is 26.5 Å². The molecule has 0 unspecified atom stereocenters. The summed E-state index contributed by atoms with van der Waals surface area (Å²) in [4.78, 5) is 25.3. The summed E-state index contributed by atoms with van der Waals surface area (Å²) >= 11 is 2.21. The molecule has 3 rings (SSSR count). The van der Waals surface area contributed by atoms with Crippen molar-refractivity contribution in [2.24, 2.45) is 0 Å². The summed E-state index contributed by atoms with van der Waals surface area (Å²) in [6.07, 6.45) is 0.494. The Labute approximate surface area is 164 Å². The number of rotatable bonds is 6. The van der Waals surface area contributed by atoms with Crippen molar-refractivity contribution in [1.29, 1.82) is 0 Å². The van der Waals surface area contributed by atoms with Gasteiger partial charge in [-0.2, -0.15) is 0 Å². The minimum Gasteiger partial charge on any atom is -0.459 e. The Hall–Kier alpha value is -2.61. The zero-order chi connectivity index (χ0) is 18.5. The Balaban J connectivity index is 1.84. The highest BCUT2D eigenvalue weighted by molar-refractivity contribution is 14.1. The summed E-state index contributed by atoms with van der Waals surface area (Å²) in [6, 6.07) is 18.0. The molecule has 5 nitrogen and oxygen atoms in total. The number of halogens is 1. The number of aryl methyl sites for hydroxylation is 1. The highest BCUT2D eigenvalue weighted by Gasteiger charge is 2.23. The zero-order valence-corrected chi connectivity index (χ0v) is 16.2. The Morgan fingerprint density at radius 2 is 1.69 bits per heavy atom. The van der Waals surface area contributed by atoms with Crippen molar-refractivity contribution in [2.45, 2.75) is 13.1 Å². The van der Waals surface area contributed by atoms with E-state index < -0.39 is 12.1 Å². The number of benzene rings is 2. The maximum Gasteiger partial charge on any atom is 0.288 e. The second kappa shape index (κ2) is 8.18. The summed E-state index contributed by atoms with van der Waals surface area (Å²) in [5, 5.41) is 5.79. The fraction of sp³-hybridized carbons (Fsp3) is 0.100. The van der Waals surface area contributed by atoms with Gasteiger partial charge in [-0.15, -0.1) is 0 Å². The molecule has 0 aliphatic rings. The van der Waals surface area contributed by atoms with Gasteiger partial charge >= 0.3 is 0 Å². The van der Waals surface area contributed by atoms with Gasteiger partial charge in [0.2, 0.25) is 5.78 Å². The van der Waals surface area contributed by atoms with Crippen LogP contribution in [0.25, 0.3) is 0 Å². The van der Waals surface area contributed by atoms with Crippen LogP contribution >= 0.6 is 22.6 Å². The first-order valence-corrected chi connectivity index (χ1v) is 9.08. The molecule has 0 saturated carbocycles. The Bertz CT molecular complexity index is 888. The molecular formula is C20H17IN2O3. The van der Waals surface area contributed by atoms with Gasteiger partial charge in [0.05, 0.1) is 6.26 Å². The SMILES string of the molecule is Cc1ccc(C(=O)[C@@H](NC(=O)c2ccco2)Nc2ccc(I)cc2)cc1. The topological polar surface area (TPSA) is 71.3 Å². The van der Waals surface area contributed by atoms with Crippen LogP contribution in [0.4, 0.5) is 5.69 Å². The normalized spacial score (nSPS) is 11.6. The number of carbonyl (C=O) groups is 2. The number of hydrogen-bond acceptors (Lipinski definition) is 4. The van der Waals surface area contributed by atoms with E-state index in [-0.39, 0.29) is 11.5 Å². The molecule has 1 aromatic heterocycles. The molecule has 26 heavy (non-hydrogen) atoms. The molecule has 0 spiro atoms. The lowest BCUT2D eigenvalue weighted by Crippen LogP contribution is -2.46. The number of amides is 1. The van der Waals surface area contributed by atoms with Gasteiger partial charge in [-0.3, -0.25) is 9.59 Å². The molecule has 0 aliphatic carbocycles. The molecule has 0 aliphatic heterocycles. The van der Waals surface area contributed by atoms with Crippen molar-refractivity contribution in [3.8, 4) is 0 Å². The first kappa shape index (κ1) is 18.2. The van der Waals surface area contributed by atoms with E-state index >= 15 is 0 Å². The van der Waals surface area contributed by atoms with Gasteiger partial charge in [0.25, 0.3) is 5.91 Å². The van der Waals surface area contributed by atoms with Crippen LogP contribution in [0.5, 0.6) is 0 Å². The number of hydrogen-bond donors (Lipinski definition) is 2. The van der Waals surface area contributed by atoms with Crippen LogP contribution in [0.3, 0.4) is 0 Å². The maximum atomic E-state index is 12.9. The summed E-state index contributed by atoms with van der Waals surface area (Å²) in [5.41, 5.74) is 2.30. The van der Waals surface area contributed by atoms with E-state index in [1.807, 2.05) is 43.3 Å². The molecule has 132 valence electrons. The molecule has 6 heteroatoms. The Kier molecular flexibility index (Phi) is 5.72. The molecule has 0 fully saturated rings. The number of ketones is 1. The van der Waals surface area contributed by atoms with Crippen LogP contribution in [0, 0.1) is 10.5 Å². The number of Topliss-reactive ketones (excluding diaryl/α,β-unsaturated/α-hetero) is 1. The smallest absolute Gasteiger partial charge is 0.288 e. The number of carbonyl (C=O) groups excluding carboxylic acids is 2. The van der Waals surface area contributed by atoms with E-state index in [0.717, 1.165) is 14.8 Å². The second-order valence-corrected chi connectivity index (χ2v) is 7.01. The first-order valence-electron chi connectivity index (χ1n) is 8.00. The van der Waals surface area contributed by atoms with Gasteiger partial charge in [-0.25, -0.2) is 0 Å². The monoisotopic (exact) mass is 460 g/mol. The van der Waals surface area contributed by atoms with Gasteiger partial charge in [0.15, 0.2) is 11.9 Å². The third-order valence-electron chi connectivity index (χ3n) is 3.77. The van der Waals surface area contributed by atoms with Crippen molar-refractivity contribution in [3.63, 3.8) is 0 Å². The van der Waals surface area contributed by atoms with E-state index in [9.17, 15) is 9.59 Å². The van der Waals surface area contributed by atoms with Crippen LogP contribution in [0.15, 0.2) is 71.3 Å². The van der Waals surface area contributed by atoms with Gasteiger partial charge in [-0.1, -0.05) is 29.8 Å². The second-order valence-electron chi connectivity index (χ2n) is 5.77. The summed E-state index contributed by atoms with van der Waals surface area (Å²) in [6.45, 7) is 1.95. The summed E-state index contributed by atoms with van der Waals surface area (Å²) in [7, 11) is 0. The van der Waals surface area contributed by atoms with Crippen molar-refractivity contribution in [2.75, 3.05) is 5.32 Å². The lowest BCUT2D eigenvalue weighted by Gasteiger charge is -2.20. The fourth-order valence-corrected chi connectivity index (χ4v) is 2.73. The number of furan rings is 1. The van der Waals surface area contributed by atoms with E-state index in [2.05, 4.69) is 33.2 Å². The first-order chi connectivity index (χ1) is 12.5. The Morgan fingerprint density at radius 3 is 2.31 bits per heavy atom. The van der Waals surface area contributed by atoms with Gasteiger partial charge in [-0.05, 0) is 65.9 Å². The van der Waals surface area contributed by atoms with E-state index in [0.29, 0.717) is 5.56 Å². The van der Waals surface area contributed by atoms with E-state index in [1.54, 1.807) is 24.3 Å². The van der Waals surface area contributed by atoms with E-state index in [1.165, 1.54) is 6.26 Å². The minimum absolute atomic E-state index is 0.149. The summed E-state index contributed by atoms with van der Waals surface area (Å²) < 4.78 is 6.19. The zero-order valence-electron chi connectivity index (χ0n) is 14.0. The van der Waals surface area contributed by atoms with Crippen LogP contribution in [-0.4, -0.2) is 17.9 Å². The van der Waals surface area contributed by atoms with E-state index in [4.69, 9.17) is 4.42 Å². The van der Waals surface area contributed by atoms with Crippen molar-refractivity contribution in [3.05, 3.63) is 87.4 Å². The predicted molar refractivity (Wildman–Crippen MR) is 108 cm³/mol. The van der Waals surface area contributed by atoms with Crippen molar-refractivity contribution < 1.29 is 14.0 Å². The molecule has 1 heterocycles. The molecule has 2 N–H and O–H groups in total. The fourth-order valence-electron chi connectivity index (χ4n) is 2.37. The highest BCUT2D eigenvalue weighted by Crippen LogP contribution is 2.14. The molecule has 0 bridgehead atoms. The number of nitrogens with one attached hydrogen (secondary N) is 2. The van der Waals surface area contributed by atoms with Gasteiger partial charge < -0.3 is 15.1 Å². The average molecular weight is 460 g/mol. The summed E-state index contributed by atoms with van der Waals surface area (Å²) in [5.74, 6) is -0.543. The average Bonchev–Trinajstić information content (AvgIpc) is 3.18. The molecule has 3 aromatic rings. The van der Waals surface area contributed by atoms with Gasteiger partial charge in [0.1, 0.15) is 0 Å². The molecule has 1 amide bonds. The third kappa shape index (κ3) is 4.51. The van der Waals surface area contributed by atoms with Gasteiger partial charge in [0, 0.05) is 14.8 Å². The maximum absolute atomic E-state index is 12.9. The van der Waals surface area contributed by atoms with Crippen molar-refractivity contribution >= 4 is 40.0 Å². The highest BCUT2D eigenvalue weighted by atomic mass is 127. The van der Waals surface area contributed by atoms with Crippen LogP contribution in [-0.2, 0) is 0 Å². The lowest BCUT2D eigenvalue weighted by molar-refractivity contribution is 0.0853. The predicted octanol–water partition coefficient (Wildman–Crippen LogP) is 4.24. The van der Waals surface area contributed by atoms with Crippen LogP contribution in [0.2, 0.25) is 0 Å². The number of anilines is 1. The molecule has 1 atom stereocenters.